The Hall–Kier alpha value is -2.11. The molecule has 2 heterocycles. The molecule has 2 N–H and O–H groups in total. The van der Waals surface area contributed by atoms with Crippen LogP contribution in [-0.2, 0) is 6.54 Å². The van der Waals surface area contributed by atoms with Gasteiger partial charge >= 0.3 is 6.03 Å². The second-order valence-corrected chi connectivity index (χ2v) is 6.53. The fourth-order valence-corrected chi connectivity index (χ4v) is 3.28. The van der Waals surface area contributed by atoms with E-state index < -0.39 is 0 Å². The summed E-state index contributed by atoms with van der Waals surface area (Å²) in [5.74, 6) is 0. The van der Waals surface area contributed by atoms with Gasteiger partial charge in [-0.25, -0.2) is 4.79 Å². The van der Waals surface area contributed by atoms with Gasteiger partial charge < -0.3 is 10.6 Å². The standard InChI is InChI=1S/C16H14ClN3OS/c1-10-15(13-6-7-18-9-14(13)22-10)20-16(21)19-8-11-2-4-12(17)5-3-11/h2-7,9H,8H2,1H3,(H2,19,20,21). The average Bonchev–Trinajstić information content (AvgIpc) is 2.83. The SMILES string of the molecule is Cc1sc2cnccc2c1NC(=O)NCc1ccc(Cl)cc1. The van der Waals surface area contributed by atoms with Gasteiger partial charge in [-0.15, -0.1) is 11.3 Å². The Morgan fingerprint density at radius 3 is 2.82 bits per heavy atom. The fourth-order valence-electron chi connectivity index (χ4n) is 2.17. The molecular weight excluding hydrogens is 318 g/mol. The molecule has 0 atom stereocenters. The van der Waals surface area contributed by atoms with Gasteiger partial charge in [-0.3, -0.25) is 4.98 Å². The maximum Gasteiger partial charge on any atom is 0.319 e. The summed E-state index contributed by atoms with van der Waals surface area (Å²) in [7, 11) is 0. The van der Waals surface area contributed by atoms with Crippen molar-refractivity contribution in [3.8, 4) is 0 Å². The highest BCUT2D eigenvalue weighted by Crippen LogP contribution is 2.34. The molecule has 4 nitrogen and oxygen atoms in total. The Balaban J connectivity index is 1.68. The highest BCUT2D eigenvalue weighted by atomic mass is 35.5. The van der Waals surface area contributed by atoms with E-state index in [0.29, 0.717) is 11.6 Å². The smallest absolute Gasteiger partial charge is 0.319 e. The number of pyridine rings is 1. The van der Waals surface area contributed by atoms with Crippen LogP contribution in [0.3, 0.4) is 0 Å². The number of amides is 2. The first-order valence-electron chi connectivity index (χ1n) is 6.76. The maximum absolute atomic E-state index is 12.1. The first kappa shape index (κ1) is 14.8. The van der Waals surface area contributed by atoms with Gasteiger partial charge in [-0.05, 0) is 30.7 Å². The van der Waals surface area contributed by atoms with Gasteiger partial charge in [0.1, 0.15) is 0 Å². The molecule has 2 amide bonds. The fraction of sp³-hybridized carbons (Fsp3) is 0.125. The zero-order chi connectivity index (χ0) is 15.5. The Bertz CT molecular complexity index is 814. The molecule has 3 rings (SSSR count). The van der Waals surface area contributed by atoms with Crippen LogP contribution in [-0.4, -0.2) is 11.0 Å². The molecule has 0 saturated heterocycles. The largest absolute Gasteiger partial charge is 0.334 e. The summed E-state index contributed by atoms with van der Waals surface area (Å²) in [5.41, 5.74) is 1.84. The van der Waals surface area contributed by atoms with Crippen molar-refractivity contribution in [1.82, 2.24) is 10.3 Å². The Morgan fingerprint density at radius 2 is 2.05 bits per heavy atom. The number of carbonyl (C=O) groups excluding carboxylic acids is 1. The van der Waals surface area contributed by atoms with Gasteiger partial charge in [-0.2, -0.15) is 0 Å². The predicted molar refractivity (Wildman–Crippen MR) is 91.7 cm³/mol. The molecule has 0 fully saturated rings. The van der Waals surface area contributed by atoms with Crippen molar-refractivity contribution in [2.45, 2.75) is 13.5 Å². The molecule has 3 aromatic rings. The van der Waals surface area contributed by atoms with Crippen molar-refractivity contribution in [3.05, 3.63) is 58.2 Å². The molecule has 6 heteroatoms. The highest BCUT2D eigenvalue weighted by Gasteiger charge is 2.11. The van der Waals surface area contributed by atoms with Gasteiger partial charge in [0.15, 0.2) is 0 Å². The second-order valence-electron chi connectivity index (χ2n) is 4.84. The number of nitrogens with one attached hydrogen (secondary N) is 2. The second kappa shape index (κ2) is 6.34. The zero-order valence-electron chi connectivity index (χ0n) is 11.9. The molecule has 0 unspecified atom stereocenters. The molecule has 112 valence electrons. The summed E-state index contributed by atoms with van der Waals surface area (Å²) in [4.78, 5) is 17.2. The first-order valence-corrected chi connectivity index (χ1v) is 7.95. The van der Waals surface area contributed by atoms with E-state index in [4.69, 9.17) is 11.6 Å². The molecule has 22 heavy (non-hydrogen) atoms. The van der Waals surface area contributed by atoms with Crippen LogP contribution >= 0.6 is 22.9 Å². The van der Waals surface area contributed by atoms with E-state index in [0.717, 1.165) is 26.2 Å². The van der Waals surface area contributed by atoms with Crippen LogP contribution in [0.2, 0.25) is 5.02 Å². The lowest BCUT2D eigenvalue weighted by atomic mass is 10.2. The van der Waals surface area contributed by atoms with E-state index in [1.165, 1.54) is 0 Å². The molecule has 1 aromatic carbocycles. The number of hydrogen-bond donors (Lipinski definition) is 2. The van der Waals surface area contributed by atoms with E-state index in [1.807, 2.05) is 31.3 Å². The van der Waals surface area contributed by atoms with Gasteiger partial charge in [0.25, 0.3) is 0 Å². The lowest BCUT2D eigenvalue weighted by molar-refractivity contribution is 0.252. The lowest BCUT2D eigenvalue weighted by Crippen LogP contribution is -2.28. The number of benzene rings is 1. The minimum atomic E-state index is -0.227. The summed E-state index contributed by atoms with van der Waals surface area (Å²) >= 11 is 7.46. The minimum absolute atomic E-state index is 0.227. The number of carbonyl (C=O) groups is 1. The predicted octanol–water partition coefficient (Wildman–Crippen LogP) is 4.58. The quantitative estimate of drug-likeness (QED) is 0.738. The normalized spacial score (nSPS) is 10.6. The highest BCUT2D eigenvalue weighted by molar-refractivity contribution is 7.19. The van der Waals surface area contributed by atoms with Crippen LogP contribution in [0.15, 0.2) is 42.7 Å². The van der Waals surface area contributed by atoms with E-state index in [1.54, 1.807) is 29.7 Å². The molecular formula is C16H14ClN3OS. The Kier molecular flexibility index (Phi) is 4.27. The Labute approximate surface area is 137 Å². The van der Waals surface area contributed by atoms with Crippen LogP contribution in [0.25, 0.3) is 10.1 Å². The molecule has 0 aliphatic carbocycles. The Morgan fingerprint density at radius 1 is 1.27 bits per heavy atom. The van der Waals surface area contributed by atoms with E-state index in [9.17, 15) is 4.79 Å². The van der Waals surface area contributed by atoms with Gasteiger partial charge in [0, 0.05) is 34.2 Å². The van der Waals surface area contributed by atoms with Crippen molar-refractivity contribution in [3.63, 3.8) is 0 Å². The van der Waals surface area contributed by atoms with E-state index >= 15 is 0 Å². The molecule has 0 radical (unpaired) electrons. The first-order chi connectivity index (χ1) is 10.6. The number of thiophene rings is 1. The van der Waals surface area contributed by atoms with E-state index in [2.05, 4.69) is 15.6 Å². The number of rotatable bonds is 3. The van der Waals surface area contributed by atoms with Gasteiger partial charge in [-0.1, -0.05) is 23.7 Å². The molecule has 0 aliphatic heterocycles. The topological polar surface area (TPSA) is 54.0 Å². The molecule has 2 aromatic heterocycles. The van der Waals surface area contributed by atoms with Crippen molar-refractivity contribution < 1.29 is 4.79 Å². The van der Waals surface area contributed by atoms with Crippen LogP contribution in [0.4, 0.5) is 10.5 Å². The minimum Gasteiger partial charge on any atom is -0.334 e. The molecule has 0 saturated carbocycles. The van der Waals surface area contributed by atoms with Crippen molar-refractivity contribution in [2.75, 3.05) is 5.32 Å². The van der Waals surface area contributed by atoms with Crippen molar-refractivity contribution in [2.24, 2.45) is 0 Å². The number of nitrogens with zero attached hydrogens (tertiary/aromatic N) is 1. The number of anilines is 1. The summed E-state index contributed by atoms with van der Waals surface area (Å²) < 4.78 is 1.06. The maximum atomic E-state index is 12.1. The number of aromatic nitrogens is 1. The summed E-state index contributed by atoms with van der Waals surface area (Å²) in [6, 6.07) is 9.07. The van der Waals surface area contributed by atoms with Crippen molar-refractivity contribution in [1.29, 1.82) is 0 Å². The van der Waals surface area contributed by atoms with E-state index in [-0.39, 0.29) is 6.03 Å². The molecule has 0 aliphatic rings. The lowest BCUT2D eigenvalue weighted by Gasteiger charge is -2.08. The third kappa shape index (κ3) is 3.21. The zero-order valence-corrected chi connectivity index (χ0v) is 13.5. The number of aryl methyl sites for hydroxylation is 1. The number of fused-ring (bicyclic) bond motifs is 1. The van der Waals surface area contributed by atoms with Crippen LogP contribution in [0, 0.1) is 6.92 Å². The summed E-state index contributed by atoms with van der Waals surface area (Å²) in [6.07, 6.45) is 3.54. The molecule has 0 spiro atoms. The van der Waals surface area contributed by atoms with Crippen molar-refractivity contribution >= 4 is 44.7 Å². The summed E-state index contributed by atoms with van der Waals surface area (Å²) in [5, 5.41) is 7.46. The summed E-state index contributed by atoms with van der Waals surface area (Å²) in [6.45, 7) is 2.44. The van der Waals surface area contributed by atoms with Gasteiger partial charge in [0.2, 0.25) is 0 Å². The van der Waals surface area contributed by atoms with Crippen LogP contribution in [0.5, 0.6) is 0 Å². The number of hydrogen-bond acceptors (Lipinski definition) is 3. The third-order valence-electron chi connectivity index (χ3n) is 3.27. The van der Waals surface area contributed by atoms with Gasteiger partial charge in [0.05, 0.1) is 10.4 Å². The van der Waals surface area contributed by atoms with Crippen LogP contribution < -0.4 is 10.6 Å². The number of urea groups is 1. The number of halogens is 1. The average molecular weight is 332 g/mol. The van der Waals surface area contributed by atoms with Crippen LogP contribution in [0.1, 0.15) is 10.4 Å². The molecule has 0 bridgehead atoms. The third-order valence-corrected chi connectivity index (χ3v) is 4.58. The monoisotopic (exact) mass is 331 g/mol.